The maximum absolute atomic E-state index is 5.64. The minimum atomic E-state index is -2.36. The first-order valence-corrected chi connectivity index (χ1v) is 8.64. The van der Waals surface area contributed by atoms with Crippen molar-refractivity contribution < 1.29 is 9.05 Å². The van der Waals surface area contributed by atoms with Gasteiger partial charge in [0.25, 0.3) is 0 Å². The first-order valence-electron chi connectivity index (χ1n) is 5.54. The molecule has 0 saturated carbocycles. The summed E-state index contributed by atoms with van der Waals surface area (Å²) in [5.41, 5.74) is 1.31. The van der Waals surface area contributed by atoms with Crippen LogP contribution in [0.4, 0.5) is 0 Å². The molecule has 1 aliphatic heterocycles. The first kappa shape index (κ1) is 12.3. The minimum absolute atomic E-state index is 0.318. The van der Waals surface area contributed by atoms with Crippen LogP contribution in [-0.2, 0) is 15.5 Å². The van der Waals surface area contributed by atoms with Gasteiger partial charge in [0.05, 0.1) is 0 Å². The average Bonchev–Trinajstić information content (AvgIpc) is 2.62. The molecule has 0 aliphatic carbocycles. The Morgan fingerprint density at radius 1 is 1.50 bits per heavy atom. The molecule has 1 aromatic carbocycles. The predicted octanol–water partition coefficient (Wildman–Crippen LogP) is 2.59. The third-order valence-electron chi connectivity index (χ3n) is 2.53. The fourth-order valence-corrected chi connectivity index (χ4v) is 4.77. The summed E-state index contributed by atoms with van der Waals surface area (Å²) in [6.45, 7) is 3.28. The first-order chi connectivity index (χ1) is 7.72. The molecule has 1 fully saturated rings. The molecule has 2 rings (SSSR count). The van der Waals surface area contributed by atoms with Crippen LogP contribution in [0.1, 0.15) is 12.5 Å². The van der Waals surface area contributed by atoms with Crippen LogP contribution in [0, 0.1) is 0 Å². The zero-order valence-corrected chi connectivity index (χ0v) is 11.2. The van der Waals surface area contributed by atoms with Crippen LogP contribution in [0.15, 0.2) is 30.3 Å². The van der Waals surface area contributed by atoms with E-state index in [0.29, 0.717) is 19.3 Å². The Hall–Kier alpha value is -0.120. The normalized spacial score (nSPS) is 25.5. The molecule has 16 heavy (non-hydrogen) atoms. The summed E-state index contributed by atoms with van der Waals surface area (Å²) in [5, 5.41) is 3.38. The Morgan fingerprint density at radius 3 is 2.94 bits per heavy atom. The Morgan fingerprint density at radius 2 is 2.25 bits per heavy atom. The van der Waals surface area contributed by atoms with E-state index in [4.69, 9.17) is 9.05 Å². The van der Waals surface area contributed by atoms with E-state index >= 15 is 0 Å². The molecular weight excluding hydrogens is 241 g/mol. The summed E-state index contributed by atoms with van der Waals surface area (Å²) in [6, 6.07) is 10.7. The number of rotatable bonds is 4. The van der Waals surface area contributed by atoms with Gasteiger partial charge in [-0.05, 0) is 0 Å². The summed E-state index contributed by atoms with van der Waals surface area (Å²) in [7, 11) is -2.36. The van der Waals surface area contributed by atoms with E-state index in [2.05, 4.69) is 41.6 Å². The Balaban J connectivity index is 1.90. The van der Waals surface area contributed by atoms with Gasteiger partial charge in [-0.2, -0.15) is 0 Å². The molecule has 1 saturated heterocycles. The van der Waals surface area contributed by atoms with Gasteiger partial charge in [-0.1, -0.05) is 0 Å². The van der Waals surface area contributed by atoms with Crippen LogP contribution in [0.5, 0.6) is 0 Å². The van der Waals surface area contributed by atoms with E-state index in [9.17, 15) is 0 Å². The van der Waals surface area contributed by atoms with Crippen LogP contribution < -0.4 is 5.09 Å². The van der Waals surface area contributed by atoms with Crippen molar-refractivity contribution in [2.75, 3.05) is 13.2 Å². The summed E-state index contributed by atoms with van der Waals surface area (Å²) < 4.78 is 11.2. The van der Waals surface area contributed by atoms with Crippen LogP contribution >= 0.6 is 19.3 Å². The monoisotopic (exact) mass is 259 g/mol. The molecule has 0 radical (unpaired) electrons. The van der Waals surface area contributed by atoms with Gasteiger partial charge in [-0.25, -0.2) is 0 Å². The fourth-order valence-electron chi connectivity index (χ4n) is 1.84. The Bertz CT molecular complexity index is 338. The maximum atomic E-state index is 5.64. The summed E-state index contributed by atoms with van der Waals surface area (Å²) in [5.74, 6) is 0. The second kappa shape index (κ2) is 5.48. The SMILES string of the molecule is CCO[PH]1(S)N[C@@H](Cc2ccccc2)CO1. The van der Waals surface area contributed by atoms with E-state index in [1.807, 2.05) is 13.0 Å². The van der Waals surface area contributed by atoms with Crippen LogP contribution in [-0.4, -0.2) is 19.3 Å². The van der Waals surface area contributed by atoms with Crippen molar-refractivity contribution in [1.82, 2.24) is 5.09 Å². The molecule has 1 aromatic rings. The Labute approximate surface area is 102 Å². The van der Waals surface area contributed by atoms with Crippen molar-refractivity contribution in [3.05, 3.63) is 35.9 Å². The van der Waals surface area contributed by atoms with Gasteiger partial charge in [0.2, 0.25) is 0 Å². The molecule has 0 spiro atoms. The second-order valence-electron chi connectivity index (χ2n) is 3.86. The third-order valence-corrected chi connectivity index (χ3v) is 5.70. The molecular formula is C11H18NO2PS. The molecule has 0 aromatic heterocycles. The molecule has 5 heteroatoms. The molecule has 1 atom stereocenters. The quantitative estimate of drug-likeness (QED) is 0.643. The molecule has 0 bridgehead atoms. The van der Waals surface area contributed by atoms with Crippen LogP contribution in [0.2, 0.25) is 0 Å². The standard InChI is InChI=1S/C11H18NO2PS/c1-2-13-15(16)12-11(9-14-15)8-10-6-4-3-5-7-10/h3-7,11-12,15-16H,2,8-9H2,1H3/t11-/m0/s1. The summed E-state index contributed by atoms with van der Waals surface area (Å²) in [6.07, 6.45) is 0.962. The van der Waals surface area contributed by atoms with Gasteiger partial charge in [-0.3, -0.25) is 0 Å². The molecule has 1 N–H and O–H groups in total. The zero-order valence-electron chi connectivity index (χ0n) is 9.35. The van der Waals surface area contributed by atoms with E-state index in [1.165, 1.54) is 5.56 Å². The molecule has 0 unspecified atom stereocenters. The summed E-state index contributed by atoms with van der Waals surface area (Å²) in [4.78, 5) is 0. The number of benzene rings is 1. The van der Waals surface area contributed by atoms with Crippen molar-refractivity contribution >= 4 is 19.3 Å². The number of hydrogen-bond donors (Lipinski definition) is 2. The van der Waals surface area contributed by atoms with Gasteiger partial charge in [0.1, 0.15) is 0 Å². The van der Waals surface area contributed by atoms with E-state index < -0.39 is 7.07 Å². The van der Waals surface area contributed by atoms with Crippen LogP contribution in [0.3, 0.4) is 0 Å². The zero-order chi connectivity index (χ0) is 11.4. The fraction of sp³-hybridized carbons (Fsp3) is 0.455. The van der Waals surface area contributed by atoms with Gasteiger partial charge >= 0.3 is 102 Å². The van der Waals surface area contributed by atoms with Crippen molar-refractivity contribution in [2.45, 2.75) is 19.4 Å². The van der Waals surface area contributed by atoms with Crippen molar-refractivity contribution in [3.8, 4) is 0 Å². The number of hydrogen-bond acceptors (Lipinski definition) is 4. The molecule has 3 nitrogen and oxygen atoms in total. The van der Waals surface area contributed by atoms with Crippen molar-refractivity contribution in [3.63, 3.8) is 0 Å². The molecule has 1 aliphatic rings. The number of thiol groups is 1. The topological polar surface area (TPSA) is 30.5 Å². The number of nitrogens with one attached hydrogen (secondary N) is 1. The van der Waals surface area contributed by atoms with E-state index in [1.54, 1.807) is 0 Å². The second-order valence-corrected chi connectivity index (χ2v) is 7.65. The van der Waals surface area contributed by atoms with Crippen molar-refractivity contribution in [2.24, 2.45) is 0 Å². The molecule has 0 amide bonds. The van der Waals surface area contributed by atoms with Gasteiger partial charge in [-0.15, -0.1) is 0 Å². The molecule has 1 heterocycles. The third kappa shape index (κ3) is 3.19. The Kier molecular flexibility index (Phi) is 4.22. The van der Waals surface area contributed by atoms with E-state index in [-0.39, 0.29) is 0 Å². The van der Waals surface area contributed by atoms with Gasteiger partial charge in [0, 0.05) is 0 Å². The summed E-state index contributed by atoms with van der Waals surface area (Å²) >= 11 is 4.47. The van der Waals surface area contributed by atoms with Crippen LogP contribution in [0.25, 0.3) is 0 Å². The van der Waals surface area contributed by atoms with E-state index in [0.717, 1.165) is 6.42 Å². The van der Waals surface area contributed by atoms with Gasteiger partial charge < -0.3 is 0 Å². The molecule has 90 valence electrons. The predicted molar refractivity (Wildman–Crippen MR) is 71.9 cm³/mol. The average molecular weight is 259 g/mol. The van der Waals surface area contributed by atoms with Gasteiger partial charge in [0.15, 0.2) is 0 Å². The van der Waals surface area contributed by atoms with Crippen molar-refractivity contribution in [1.29, 1.82) is 0 Å².